The predicted octanol–water partition coefficient (Wildman–Crippen LogP) is -1.01. The molecule has 0 aliphatic heterocycles. The standard InChI is InChI=1S/C8H10N4O4S/c9-6(13)2-1-4(8(15)16)11-7(14)5-3-10-17-12-5/h3-4H,1-2H2,(H2,9,13)(H,11,14)(H,15,16)/t4-/m1/s1. The molecule has 0 saturated heterocycles. The summed E-state index contributed by atoms with van der Waals surface area (Å²) in [5.74, 6) is -2.50. The van der Waals surface area contributed by atoms with Gasteiger partial charge in [-0.1, -0.05) is 0 Å². The van der Waals surface area contributed by atoms with Crippen LogP contribution in [0.1, 0.15) is 23.3 Å². The van der Waals surface area contributed by atoms with Crippen molar-refractivity contribution in [1.29, 1.82) is 0 Å². The Morgan fingerprint density at radius 1 is 1.53 bits per heavy atom. The van der Waals surface area contributed by atoms with E-state index < -0.39 is 23.8 Å². The molecule has 1 rings (SSSR count). The van der Waals surface area contributed by atoms with E-state index in [1.54, 1.807) is 0 Å². The molecule has 0 aliphatic carbocycles. The normalized spacial score (nSPS) is 11.8. The van der Waals surface area contributed by atoms with E-state index in [0.29, 0.717) is 0 Å². The molecule has 1 heterocycles. The summed E-state index contributed by atoms with van der Waals surface area (Å²) in [6.45, 7) is 0. The SMILES string of the molecule is NC(=O)CC[C@@H](NC(=O)c1cnsn1)C(=O)O. The largest absolute Gasteiger partial charge is 0.480 e. The first-order chi connectivity index (χ1) is 8.00. The Morgan fingerprint density at radius 2 is 2.24 bits per heavy atom. The van der Waals surface area contributed by atoms with Gasteiger partial charge in [0.2, 0.25) is 5.91 Å². The second-order valence-electron chi connectivity index (χ2n) is 3.16. The maximum absolute atomic E-state index is 11.5. The topological polar surface area (TPSA) is 135 Å². The Kier molecular flexibility index (Phi) is 4.52. The van der Waals surface area contributed by atoms with E-state index >= 15 is 0 Å². The molecule has 4 N–H and O–H groups in total. The summed E-state index contributed by atoms with van der Waals surface area (Å²) < 4.78 is 7.28. The van der Waals surface area contributed by atoms with Crippen LogP contribution >= 0.6 is 11.7 Å². The van der Waals surface area contributed by atoms with Gasteiger partial charge >= 0.3 is 5.97 Å². The minimum atomic E-state index is -1.23. The fraction of sp³-hybridized carbons (Fsp3) is 0.375. The van der Waals surface area contributed by atoms with E-state index in [1.807, 2.05) is 0 Å². The molecule has 8 nitrogen and oxygen atoms in total. The average Bonchev–Trinajstić information content (AvgIpc) is 2.76. The highest BCUT2D eigenvalue weighted by Crippen LogP contribution is 2.01. The zero-order valence-electron chi connectivity index (χ0n) is 8.62. The lowest BCUT2D eigenvalue weighted by atomic mass is 10.1. The fourth-order valence-electron chi connectivity index (χ4n) is 1.04. The zero-order chi connectivity index (χ0) is 12.8. The van der Waals surface area contributed by atoms with Gasteiger partial charge in [0, 0.05) is 6.42 Å². The Balaban J connectivity index is 2.58. The number of aromatic nitrogens is 2. The molecular weight excluding hydrogens is 248 g/mol. The smallest absolute Gasteiger partial charge is 0.326 e. The van der Waals surface area contributed by atoms with Crippen molar-refractivity contribution in [2.24, 2.45) is 5.73 Å². The monoisotopic (exact) mass is 258 g/mol. The summed E-state index contributed by atoms with van der Waals surface area (Å²) in [5.41, 5.74) is 4.94. The first kappa shape index (κ1) is 13.0. The van der Waals surface area contributed by atoms with Gasteiger partial charge < -0.3 is 16.2 Å². The van der Waals surface area contributed by atoms with Crippen molar-refractivity contribution in [3.05, 3.63) is 11.9 Å². The molecule has 0 unspecified atom stereocenters. The van der Waals surface area contributed by atoms with Crippen molar-refractivity contribution in [2.45, 2.75) is 18.9 Å². The van der Waals surface area contributed by atoms with E-state index in [2.05, 4.69) is 14.1 Å². The van der Waals surface area contributed by atoms with Gasteiger partial charge in [-0.15, -0.1) is 0 Å². The Morgan fingerprint density at radius 3 is 2.71 bits per heavy atom. The first-order valence-electron chi connectivity index (χ1n) is 4.60. The van der Waals surface area contributed by atoms with Gasteiger partial charge in [-0.3, -0.25) is 9.59 Å². The third-order valence-electron chi connectivity index (χ3n) is 1.88. The maximum Gasteiger partial charge on any atom is 0.326 e. The van der Waals surface area contributed by atoms with Crippen molar-refractivity contribution in [1.82, 2.24) is 14.1 Å². The number of carboxylic acids is 1. The lowest BCUT2D eigenvalue weighted by Crippen LogP contribution is -2.41. The number of aliphatic carboxylic acids is 1. The van der Waals surface area contributed by atoms with Gasteiger partial charge in [-0.25, -0.2) is 4.79 Å². The number of carbonyl (C=O) groups is 3. The van der Waals surface area contributed by atoms with Crippen molar-refractivity contribution in [2.75, 3.05) is 0 Å². The molecule has 1 atom stereocenters. The molecule has 0 fully saturated rings. The number of primary amides is 1. The number of hydrogen-bond acceptors (Lipinski definition) is 6. The highest BCUT2D eigenvalue weighted by molar-refractivity contribution is 6.99. The van der Waals surface area contributed by atoms with Gasteiger partial charge in [-0.05, 0) is 6.42 Å². The molecule has 1 aromatic heterocycles. The van der Waals surface area contributed by atoms with Crippen LogP contribution in [0.2, 0.25) is 0 Å². The summed E-state index contributed by atoms with van der Waals surface area (Å²) in [6, 6.07) is -1.17. The summed E-state index contributed by atoms with van der Waals surface area (Å²) in [7, 11) is 0. The number of nitrogens with one attached hydrogen (secondary N) is 1. The van der Waals surface area contributed by atoms with Crippen molar-refractivity contribution in [3.8, 4) is 0 Å². The molecule has 9 heteroatoms. The molecule has 0 saturated carbocycles. The van der Waals surface area contributed by atoms with Crippen LogP contribution in [0, 0.1) is 0 Å². The van der Waals surface area contributed by atoms with Gasteiger partial charge in [0.1, 0.15) is 6.04 Å². The highest BCUT2D eigenvalue weighted by atomic mass is 32.1. The van der Waals surface area contributed by atoms with E-state index in [0.717, 1.165) is 11.7 Å². The highest BCUT2D eigenvalue weighted by Gasteiger charge is 2.22. The number of carbonyl (C=O) groups excluding carboxylic acids is 2. The summed E-state index contributed by atoms with van der Waals surface area (Å²) in [6.07, 6.45) is 1.05. The Hall–Kier alpha value is -2.03. The quantitative estimate of drug-likeness (QED) is 0.598. The summed E-state index contributed by atoms with van der Waals surface area (Å²) in [4.78, 5) is 32.8. The van der Waals surface area contributed by atoms with Gasteiger partial charge in [0.25, 0.3) is 5.91 Å². The molecule has 92 valence electrons. The van der Waals surface area contributed by atoms with E-state index in [-0.39, 0.29) is 18.5 Å². The predicted molar refractivity (Wildman–Crippen MR) is 57.2 cm³/mol. The second-order valence-corrected chi connectivity index (χ2v) is 3.72. The van der Waals surface area contributed by atoms with Crippen LogP contribution in [-0.2, 0) is 9.59 Å². The Labute approximate surface area is 100 Å². The molecule has 17 heavy (non-hydrogen) atoms. The molecule has 2 amide bonds. The third kappa shape index (κ3) is 4.15. The van der Waals surface area contributed by atoms with Crippen LogP contribution in [-0.4, -0.2) is 37.7 Å². The minimum Gasteiger partial charge on any atom is -0.480 e. The second kappa shape index (κ2) is 5.89. The van der Waals surface area contributed by atoms with Crippen LogP contribution in [0.3, 0.4) is 0 Å². The molecule has 0 spiro atoms. The molecule has 0 radical (unpaired) electrons. The molecule has 0 bridgehead atoms. The number of hydrogen-bond donors (Lipinski definition) is 3. The molecule has 0 aromatic carbocycles. The average molecular weight is 258 g/mol. The molecule has 1 aromatic rings. The minimum absolute atomic E-state index is 0.0420. The fourth-order valence-corrected chi connectivity index (χ4v) is 1.45. The number of nitrogens with zero attached hydrogens (tertiary/aromatic N) is 2. The van der Waals surface area contributed by atoms with Crippen LogP contribution in [0.25, 0.3) is 0 Å². The molecular formula is C8H10N4O4S. The first-order valence-corrected chi connectivity index (χ1v) is 5.33. The number of rotatable bonds is 6. The third-order valence-corrected chi connectivity index (χ3v) is 2.35. The van der Waals surface area contributed by atoms with Crippen LogP contribution in [0.5, 0.6) is 0 Å². The van der Waals surface area contributed by atoms with Crippen molar-refractivity contribution >= 4 is 29.5 Å². The maximum atomic E-state index is 11.5. The van der Waals surface area contributed by atoms with Gasteiger partial charge in [0.15, 0.2) is 5.69 Å². The zero-order valence-corrected chi connectivity index (χ0v) is 9.44. The summed E-state index contributed by atoms with van der Waals surface area (Å²) in [5, 5.41) is 11.1. The van der Waals surface area contributed by atoms with Crippen molar-refractivity contribution in [3.63, 3.8) is 0 Å². The van der Waals surface area contributed by atoms with Gasteiger partial charge in [-0.2, -0.15) is 8.75 Å². The lowest BCUT2D eigenvalue weighted by Gasteiger charge is -2.12. The van der Waals surface area contributed by atoms with E-state index in [1.165, 1.54) is 6.20 Å². The lowest BCUT2D eigenvalue weighted by molar-refractivity contribution is -0.139. The number of amides is 2. The van der Waals surface area contributed by atoms with Crippen LogP contribution in [0.4, 0.5) is 0 Å². The van der Waals surface area contributed by atoms with E-state index in [4.69, 9.17) is 10.8 Å². The summed E-state index contributed by atoms with van der Waals surface area (Å²) >= 11 is 0.839. The van der Waals surface area contributed by atoms with Crippen LogP contribution < -0.4 is 11.1 Å². The molecule has 0 aliphatic rings. The number of nitrogens with two attached hydrogens (primary N) is 1. The van der Waals surface area contributed by atoms with Crippen LogP contribution in [0.15, 0.2) is 6.20 Å². The van der Waals surface area contributed by atoms with E-state index in [9.17, 15) is 14.4 Å². The number of carboxylic acid groups (broad SMARTS) is 1. The van der Waals surface area contributed by atoms with Crippen molar-refractivity contribution < 1.29 is 19.5 Å². The van der Waals surface area contributed by atoms with Gasteiger partial charge in [0.05, 0.1) is 17.9 Å². The Bertz CT molecular complexity index is 419.